The second-order valence-electron chi connectivity index (χ2n) is 3.68. The van der Waals surface area contributed by atoms with Crippen molar-refractivity contribution in [2.45, 2.75) is 0 Å². The van der Waals surface area contributed by atoms with Crippen molar-refractivity contribution in [1.29, 1.82) is 0 Å². The maximum Gasteiger partial charge on any atom is 0.248 e. The van der Waals surface area contributed by atoms with Gasteiger partial charge in [-0.3, -0.25) is 4.79 Å². The Morgan fingerprint density at radius 2 is 2.26 bits per heavy atom. The molecule has 0 saturated heterocycles. The van der Waals surface area contributed by atoms with E-state index in [1.165, 1.54) is 12.3 Å². The van der Waals surface area contributed by atoms with E-state index in [0.29, 0.717) is 22.2 Å². The molecule has 2 rings (SSSR count). The van der Waals surface area contributed by atoms with E-state index in [4.69, 9.17) is 20.8 Å². The van der Waals surface area contributed by atoms with Crippen molar-refractivity contribution in [1.82, 2.24) is 0 Å². The van der Waals surface area contributed by atoms with Gasteiger partial charge in [0.2, 0.25) is 5.91 Å². The van der Waals surface area contributed by atoms with Crippen LogP contribution in [0.2, 0.25) is 5.02 Å². The van der Waals surface area contributed by atoms with Gasteiger partial charge in [0.15, 0.2) is 0 Å². The molecule has 4 nitrogen and oxygen atoms in total. The van der Waals surface area contributed by atoms with E-state index in [2.05, 4.69) is 5.32 Å². The van der Waals surface area contributed by atoms with Crippen LogP contribution >= 0.6 is 11.6 Å². The standard InChI is InChI=1S/C14H12ClNO3/c1-18-11-4-6-13(12(15)9-11)16-14(17)7-5-10-3-2-8-19-10/h2-9H,1H3,(H,16,17). The number of hydrogen-bond acceptors (Lipinski definition) is 3. The highest BCUT2D eigenvalue weighted by Crippen LogP contribution is 2.26. The molecule has 0 fully saturated rings. The molecule has 2 aromatic rings. The first-order chi connectivity index (χ1) is 9.19. The van der Waals surface area contributed by atoms with Crippen LogP contribution in [-0.4, -0.2) is 13.0 Å². The van der Waals surface area contributed by atoms with Crippen LogP contribution in [0, 0.1) is 0 Å². The quantitative estimate of drug-likeness (QED) is 0.869. The van der Waals surface area contributed by atoms with E-state index in [1.807, 2.05) is 0 Å². The van der Waals surface area contributed by atoms with Crippen molar-refractivity contribution in [3.63, 3.8) is 0 Å². The van der Waals surface area contributed by atoms with Crippen LogP contribution in [0.4, 0.5) is 5.69 Å². The minimum Gasteiger partial charge on any atom is -0.497 e. The number of carbonyl (C=O) groups is 1. The lowest BCUT2D eigenvalue weighted by Crippen LogP contribution is -2.08. The van der Waals surface area contributed by atoms with Gasteiger partial charge in [-0.25, -0.2) is 0 Å². The number of ether oxygens (including phenoxy) is 1. The first-order valence-corrected chi connectivity index (χ1v) is 5.93. The Morgan fingerprint density at radius 3 is 2.89 bits per heavy atom. The van der Waals surface area contributed by atoms with Crippen molar-refractivity contribution >= 4 is 29.3 Å². The molecule has 0 unspecified atom stereocenters. The van der Waals surface area contributed by atoms with Gasteiger partial charge < -0.3 is 14.5 Å². The van der Waals surface area contributed by atoms with Crippen molar-refractivity contribution in [2.24, 2.45) is 0 Å². The summed E-state index contributed by atoms with van der Waals surface area (Å²) < 4.78 is 10.1. The Hall–Kier alpha value is -2.20. The second-order valence-corrected chi connectivity index (χ2v) is 4.09. The molecule has 98 valence electrons. The van der Waals surface area contributed by atoms with Crippen molar-refractivity contribution in [3.05, 3.63) is 53.5 Å². The number of anilines is 1. The van der Waals surface area contributed by atoms with Crippen LogP contribution in [0.25, 0.3) is 6.08 Å². The van der Waals surface area contributed by atoms with Gasteiger partial charge in [-0.1, -0.05) is 11.6 Å². The van der Waals surface area contributed by atoms with Gasteiger partial charge in [-0.05, 0) is 30.3 Å². The van der Waals surface area contributed by atoms with Crippen LogP contribution < -0.4 is 10.1 Å². The molecule has 1 heterocycles. The van der Waals surface area contributed by atoms with Gasteiger partial charge in [0, 0.05) is 12.1 Å². The molecule has 0 radical (unpaired) electrons. The molecule has 0 aliphatic heterocycles. The highest BCUT2D eigenvalue weighted by atomic mass is 35.5. The Labute approximate surface area is 115 Å². The van der Waals surface area contributed by atoms with Gasteiger partial charge in [-0.2, -0.15) is 0 Å². The normalized spacial score (nSPS) is 10.6. The number of rotatable bonds is 4. The Morgan fingerprint density at radius 1 is 1.42 bits per heavy atom. The summed E-state index contributed by atoms with van der Waals surface area (Å²) in [5, 5.41) is 3.08. The molecule has 1 aromatic carbocycles. The molecule has 0 aliphatic rings. The lowest BCUT2D eigenvalue weighted by Gasteiger charge is -2.06. The maximum absolute atomic E-state index is 11.7. The number of amides is 1. The average Bonchev–Trinajstić information content (AvgIpc) is 2.92. The predicted octanol–water partition coefficient (Wildman–Crippen LogP) is 3.59. The number of halogens is 1. The predicted molar refractivity (Wildman–Crippen MR) is 74.4 cm³/mol. The highest BCUT2D eigenvalue weighted by Gasteiger charge is 2.04. The largest absolute Gasteiger partial charge is 0.497 e. The van der Waals surface area contributed by atoms with Gasteiger partial charge in [-0.15, -0.1) is 0 Å². The number of carbonyl (C=O) groups excluding carboxylic acids is 1. The minimum atomic E-state index is -0.288. The summed E-state index contributed by atoms with van der Waals surface area (Å²) in [7, 11) is 1.55. The molecule has 1 N–H and O–H groups in total. The zero-order valence-corrected chi connectivity index (χ0v) is 11.0. The molecular weight excluding hydrogens is 266 g/mol. The van der Waals surface area contributed by atoms with Crippen LogP contribution in [0.3, 0.4) is 0 Å². The van der Waals surface area contributed by atoms with Gasteiger partial charge in [0.05, 0.1) is 24.1 Å². The maximum atomic E-state index is 11.7. The number of benzene rings is 1. The Bertz CT molecular complexity index is 591. The van der Waals surface area contributed by atoms with Crippen LogP contribution in [0.15, 0.2) is 47.1 Å². The number of hydrogen-bond donors (Lipinski definition) is 1. The van der Waals surface area contributed by atoms with Crippen LogP contribution in [-0.2, 0) is 4.79 Å². The van der Waals surface area contributed by atoms with Gasteiger partial charge in [0.1, 0.15) is 11.5 Å². The SMILES string of the molecule is COc1ccc(NC(=O)C=Cc2ccco2)c(Cl)c1. The molecule has 0 bridgehead atoms. The summed E-state index contributed by atoms with van der Waals surface area (Å²) in [5.41, 5.74) is 0.525. The number of methoxy groups -OCH3 is 1. The molecule has 0 spiro atoms. The lowest BCUT2D eigenvalue weighted by atomic mass is 10.3. The number of furan rings is 1. The fourth-order valence-electron chi connectivity index (χ4n) is 1.44. The summed E-state index contributed by atoms with van der Waals surface area (Å²) in [6, 6.07) is 8.53. The third-order valence-electron chi connectivity index (χ3n) is 2.38. The van der Waals surface area contributed by atoms with Crippen molar-refractivity contribution < 1.29 is 13.9 Å². The topological polar surface area (TPSA) is 51.5 Å². The lowest BCUT2D eigenvalue weighted by molar-refractivity contribution is -0.111. The Balaban J connectivity index is 2.03. The summed E-state index contributed by atoms with van der Waals surface area (Å²) in [5.74, 6) is 0.952. The van der Waals surface area contributed by atoms with E-state index in [1.54, 1.807) is 43.5 Å². The molecule has 0 aliphatic carbocycles. The van der Waals surface area contributed by atoms with E-state index in [9.17, 15) is 4.79 Å². The zero-order chi connectivity index (χ0) is 13.7. The average molecular weight is 278 g/mol. The molecule has 19 heavy (non-hydrogen) atoms. The second kappa shape index (κ2) is 6.11. The van der Waals surface area contributed by atoms with Gasteiger partial charge >= 0.3 is 0 Å². The first-order valence-electron chi connectivity index (χ1n) is 5.55. The van der Waals surface area contributed by atoms with Crippen molar-refractivity contribution in [3.8, 4) is 5.75 Å². The molecular formula is C14H12ClNO3. The fourth-order valence-corrected chi connectivity index (χ4v) is 1.66. The van der Waals surface area contributed by atoms with Crippen molar-refractivity contribution in [2.75, 3.05) is 12.4 Å². The highest BCUT2D eigenvalue weighted by molar-refractivity contribution is 6.34. The zero-order valence-electron chi connectivity index (χ0n) is 10.2. The molecule has 0 atom stereocenters. The fraction of sp³-hybridized carbons (Fsp3) is 0.0714. The van der Waals surface area contributed by atoms with E-state index < -0.39 is 0 Å². The molecule has 0 saturated carbocycles. The summed E-state index contributed by atoms with van der Waals surface area (Å²) in [4.78, 5) is 11.7. The van der Waals surface area contributed by atoms with Gasteiger partial charge in [0.25, 0.3) is 0 Å². The van der Waals surface area contributed by atoms with E-state index in [0.717, 1.165) is 0 Å². The summed E-state index contributed by atoms with van der Waals surface area (Å²) >= 11 is 6.01. The van der Waals surface area contributed by atoms with E-state index in [-0.39, 0.29) is 5.91 Å². The number of nitrogens with one attached hydrogen (secondary N) is 1. The van der Waals surface area contributed by atoms with Crippen LogP contribution in [0.1, 0.15) is 5.76 Å². The summed E-state index contributed by atoms with van der Waals surface area (Å²) in [6.45, 7) is 0. The van der Waals surface area contributed by atoms with E-state index >= 15 is 0 Å². The smallest absolute Gasteiger partial charge is 0.248 e. The van der Waals surface area contributed by atoms with Crippen LogP contribution in [0.5, 0.6) is 5.75 Å². The monoisotopic (exact) mass is 277 g/mol. The first kappa shape index (κ1) is 13.2. The molecule has 5 heteroatoms. The molecule has 1 amide bonds. The third-order valence-corrected chi connectivity index (χ3v) is 2.69. The molecule has 1 aromatic heterocycles. The Kier molecular flexibility index (Phi) is 4.26. The summed E-state index contributed by atoms with van der Waals surface area (Å²) in [6.07, 6.45) is 4.49. The third kappa shape index (κ3) is 3.63. The minimum absolute atomic E-state index is 0.288.